The van der Waals surface area contributed by atoms with Crippen molar-refractivity contribution in [2.75, 3.05) is 11.9 Å². The van der Waals surface area contributed by atoms with E-state index in [4.69, 9.17) is 4.74 Å². The first-order chi connectivity index (χ1) is 11.1. The summed E-state index contributed by atoms with van der Waals surface area (Å²) in [7, 11) is 0. The van der Waals surface area contributed by atoms with Crippen molar-refractivity contribution in [1.29, 1.82) is 0 Å². The molecule has 0 aliphatic carbocycles. The molecule has 1 atom stereocenters. The van der Waals surface area contributed by atoms with Gasteiger partial charge in [-0.15, -0.1) is 0 Å². The molecule has 5 heteroatoms. The summed E-state index contributed by atoms with van der Waals surface area (Å²) in [4.78, 5) is 24.6. The third-order valence-electron chi connectivity index (χ3n) is 3.28. The SMILES string of the molecule is CCOC(=O)[C@H](Cc1ccccc1)C(=O)Nc1ccc(Br)cc1. The van der Waals surface area contributed by atoms with Gasteiger partial charge in [0.05, 0.1) is 6.61 Å². The molecule has 2 aromatic carbocycles. The molecule has 0 aliphatic heterocycles. The topological polar surface area (TPSA) is 55.4 Å². The average molecular weight is 376 g/mol. The molecule has 0 radical (unpaired) electrons. The zero-order chi connectivity index (χ0) is 16.7. The number of ether oxygens (including phenoxy) is 1. The maximum absolute atomic E-state index is 12.5. The second kappa shape index (κ2) is 8.48. The van der Waals surface area contributed by atoms with Gasteiger partial charge in [0, 0.05) is 10.2 Å². The number of carbonyl (C=O) groups excluding carboxylic acids is 2. The second-order valence-corrected chi connectivity index (χ2v) is 5.91. The van der Waals surface area contributed by atoms with E-state index in [1.165, 1.54) is 0 Å². The van der Waals surface area contributed by atoms with Gasteiger partial charge < -0.3 is 10.1 Å². The van der Waals surface area contributed by atoms with Crippen molar-refractivity contribution in [2.45, 2.75) is 13.3 Å². The maximum Gasteiger partial charge on any atom is 0.318 e. The van der Waals surface area contributed by atoms with Gasteiger partial charge in [0.1, 0.15) is 5.92 Å². The van der Waals surface area contributed by atoms with E-state index in [0.29, 0.717) is 12.1 Å². The Morgan fingerprint density at radius 1 is 1.09 bits per heavy atom. The van der Waals surface area contributed by atoms with Crippen LogP contribution in [-0.4, -0.2) is 18.5 Å². The highest BCUT2D eigenvalue weighted by molar-refractivity contribution is 9.10. The maximum atomic E-state index is 12.5. The minimum Gasteiger partial charge on any atom is -0.465 e. The Labute approximate surface area is 144 Å². The summed E-state index contributed by atoms with van der Waals surface area (Å²) in [5.41, 5.74) is 1.55. The molecule has 1 N–H and O–H groups in total. The first-order valence-corrected chi connectivity index (χ1v) is 8.16. The van der Waals surface area contributed by atoms with Crippen LogP contribution in [0.15, 0.2) is 59.1 Å². The Balaban J connectivity index is 2.13. The van der Waals surface area contributed by atoms with Gasteiger partial charge in [-0.2, -0.15) is 0 Å². The van der Waals surface area contributed by atoms with Crippen molar-refractivity contribution in [2.24, 2.45) is 5.92 Å². The molecule has 4 nitrogen and oxygen atoms in total. The first kappa shape index (κ1) is 17.2. The fourth-order valence-corrected chi connectivity index (χ4v) is 2.40. The average Bonchev–Trinajstić information content (AvgIpc) is 2.56. The highest BCUT2D eigenvalue weighted by Gasteiger charge is 2.28. The number of rotatable bonds is 6. The lowest BCUT2D eigenvalue weighted by Crippen LogP contribution is -2.33. The number of hydrogen-bond acceptors (Lipinski definition) is 3. The summed E-state index contributed by atoms with van der Waals surface area (Å²) in [6.45, 7) is 1.97. The van der Waals surface area contributed by atoms with E-state index in [-0.39, 0.29) is 12.5 Å². The minimum atomic E-state index is -0.874. The van der Waals surface area contributed by atoms with Gasteiger partial charge in [-0.1, -0.05) is 46.3 Å². The number of esters is 1. The smallest absolute Gasteiger partial charge is 0.318 e. The first-order valence-electron chi connectivity index (χ1n) is 7.37. The zero-order valence-electron chi connectivity index (χ0n) is 12.8. The Morgan fingerprint density at radius 2 is 1.74 bits per heavy atom. The molecular formula is C18H18BrNO3. The minimum absolute atomic E-state index is 0.246. The molecule has 0 aromatic heterocycles. The van der Waals surface area contributed by atoms with E-state index in [0.717, 1.165) is 10.0 Å². The number of nitrogens with one attached hydrogen (secondary N) is 1. The van der Waals surface area contributed by atoms with Crippen LogP contribution < -0.4 is 5.32 Å². The van der Waals surface area contributed by atoms with Crippen LogP contribution in [0.4, 0.5) is 5.69 Å². The number of carbonyl (C=O) groups is 2. The van der Waals surface area contributed by atoms with Gasteiger partial charge in [0.2, 0.25) is 5.91 Å². The van der Waals surface area contributed by atoms with Crippen LogP contribution >= 0.6 is 15.9 Å². The third kappa shape index (κ3) is 5.21. The van der Waals surface area contributed by atoms with Crippen molar-refractivity contribution in [3.63, 3.8) is 0 Å². The van der Waals surface area contributed by atoms with E-state index in [2.05, 4.69) is 21.2 Å². The van der Waals surface area contributed by atoms with Crippen LogP contribution in [0.3, 0.4) is 0 Å². The number of halogens is 1. The molecule has 0 saturated heterocycles. The lowest BCUT2D eigenvalue weighted by atomic mass is 9.98. The molecule has 0 fully saturated rings. The van der Waals surface area contributed by atoms with E-state index >= 15 is 0 Å². The van der Waals surface area contributed by atoms with E-state index < -0.39 is 11.9 Å². The van der Waals surface area contributed by atoms with Crippen molar-refractivity contribution in [3.05, 3.63) is 64.6 Å². The summed E-state index contributed by atoms with van der Waals surface area (Å²) in [6.07, 6.45) is 0.308. The van der Waals surface area contributed by atoms with Crippen LogP contribution in [-0.2, 0) is 20.7 Å². The fourth-order valence-electron chi connectivity index (χ4n) is 2.14. The molecule has 0 unspecified atom stereocenters. The van der Waals surface area contributed by atoms with Gasteiger partial charge in [-0.05, 0) is 43.2 Å². The molecule has 0 heterocycles. The van der Waals surface area contributed by atoms with Crippen molar-refractivity contribution < 1.29 is 14.3 Å². The van der Waals surface area contributed by atoms with Gasteiger partial charge in [0.25, 0.3) is 0 Å². The predicted octanol–water partition coefficient (Wildman–Crippen LogP) is 3.81. The molecule has 0 spiro atoms. The summed E-state index contributed by atoms with van der Waals surface area (Å²) in [6, 6.07) is 16.6. The lowest BCUT2D eigenvalue weighted by Gasteiger charge is -2.16. The van der Waals surface area contributed by atoms with Crippen molar-refractivity contribution >= 4 is 33.5 Å². The predicted molar refractivity (Wildman–Crippen MR) is 93.0 cm³/mol. The molecule has 2 rings (SSSR count). The van der Waals surface area contributed by atoms with Gasteiger partial charge in [-0.3, -0.25) is 9.59 Å². The van der Waals surface area contributed by atoms with Crippen molar-refractivity contribution in [1.82, 2.24) is 0 Å². The van der Waals surface area contributed by atoms with Gasteiger partial charge in [-0.25, -0.2) is 0 Å². The molecule has 1 amide bonds. The highest BCUT2D eigenvalue weighted by atomic mass is 79.9. The quantitative estimate of drug-likeness (QED) is 0.616. The number of amides is 1. The molecule has 0 aliphatic rings. The van der Waals surface area contributed by atoms with Crippen LogP contribution in [0, 0.1) is 5.92 Å². The van der Waals surface area contributed by atoms with Crippen LogP contribution in [0.5, 0.6) is 0 Å². The molecule has 0 saturated carbocycles. The Morgan fingerprint density at radius 3 is 2.35 bits per heavy atom. The molecule has 120 valence electrons. The van der Waals surface area contributed by atoms with Crippen molar-refractivity contribution in [3.8, 4) is 0 Å². The summed E-state index contributed by atoms with van der Waals surface area (Å²) < 4.78 is 5.97. The second-order valence-electron chi connectivity index (χ2n) is 4.99. The lowest BCUT2D eigenvalue weighted by molar-refractivity contribution is -0.150. The van der Waals surface area contributed by atoms with Gasteiger partial charge >= 0.3 is 5.97 Å². The summed E-state index contributed by atoms with van der Waals surface area (Å²) >= 11 is 3.34. The van der Waals surface area contributed by atoms with E-state index in [9.17, 15) is 9.59 Å². The van der Waals surface area contributed by atoms with E-state index in [1.54, 1.807) is 19.1 Å². The molecule has 2 aromatic rings. The number of benzene rings is 2. The monoisotopic (exact) mass is 375 g/mol. The largest absolute Gasteiger partial charge is 0.465 e. The Hall–Kier alpha value is -2.14. The summed E-state index contributed by atoms with van der Waals surface area (Å²) in [5.74, 6) is -1.75. The number of anilines is 1. The van der Waals surface area contributed by atoms with Gasteiger partial charge in [0.15, 0.2) is 0 Å². The molecular weight excluding hydrogens is 358 g/mol. The summed E-state index contributed by atoms with van der Waals surface area (Å²) in [5, 5.41) is 2.77. The third-order valence-corrected chi connectivity index (χ3v) is 3.81. The fraction of sp³-hybridized carbons (Fsp3) is 0.222. The normalized spacial score (nSPS) is 11.6. The standard InChI is InChI=1S/C18H18BrNO3/c1-2-23-18(22)16(12-13-6-4-3-5-7-13)17(21)20-15-10-8-14(19)9-11-15/h3-11,16H,2,12H2,1H3,(H,20,21)/t16-/m1/s1. The van der Waals surface area contributed by atoms with Crippen LogP contribution in [0.25, 0.3) is 0 Å². The number of hydrogen-bond donors (Lipinski definition) is 1. The molecule has 0 bridgehead atoms. The van der Waals surface area contributed by atoms with Crippen LogP contribution in [0.2, 0.25) is 0 Å². The Bertz CT molecular complexity index is 656. The van der Waals surface area contributed by atoms with E-state index in [1.807, 2.05) is 42.5 Å². The molecule has 23 heavy (non-hydrogen) atoms. The highest BCUT2D eigenvalue weighted by Crippen LogP contribution is 2.17. The zero-order valence-corrected chi connectivity index (χ0v) is 14.4. The Kier molecular flexibility index (Phi) is 6.35. The van der Waals surface area contributed by atoms with Crippen LogP contribution in [0.1, 0.15) is 12.5 Å².